The minimum Gasteiger partial charge on any atom is -0.507 e. The molecule has 2 nitrogen and oxygen atoms in total. The van der Waals surface area contributed by atoms with E-state index in [1.807, 2.05) is 25.1 Å². The average molecular weight is 173 g/mol. The van der Waals surface area contributed by atoms with E-state index in [9.17, 15) is 5.11 Å². The molecule has 0 radical (unpaired) electrons. The zero-order valence-corrected chi connectivity index (χ0v) is 7.41. The Labute approximate surface area is 76.6 Å². The largest absolute Gasteiger partial charge is 0.507 e. The summed E-state index contributed by atoms with van der Waals surface area (Å²) >= 11 is 0. The molecule has 0 spiro atoms. The highest BCUT2D eigenvalue weighted by Gasteiger charge is 2.00. The van der Waals surface area contributed by atoms with Crippen LogP contribution in [-0.4, -0.2) is 5.11 Å². The summed E-state index contributed by atoms with van der Waals surface area (Å²) in [6, 6.07) is 9.24. The molecule has 0 fully saturated rings. The van der Waals surface area contributed by atoms with Gasteiger partial charge in [0.25, 0.3) is 0 Å². The Kier molecular flexibility index (Phi) is 1.62. The summed E-state index contributed by atoms with van der Waals surface area (Å²) in [7, 11) is 0. The molecule has 0 atom stereocenters. The van der Waals surface area contributed by atoms with Crippen molar-refractivity contribution < 1.29 is 5.11 Å². The van der Waals surface area contributed by atoms with Crippen molar-refractivity contribution in [1.29, 1.82) is 0 Å². The summed E-state index contributed by atoms with van der Waals surface area (Å²) in [5.74, 6) is 0.315. The lowest BCUT2D eigenvalue weighted by atomic mass is 10.1. The molecule has 0 aliphatic carbocycles. The molecule has 0 aliphatic heterocycles. The number of aromatic hydroxyl groups is 1. The van der Waals surface area contributed by atoms with Gasteiger partial charge >= 0.3 is 0 Å². The van der Waals surface area contributed by atoms with Crippen LogP contribution in [0.25, 0.3) is 10.8 Å². The Bertz CT molecular complexity index is 458. The molecule has 0 saturated carbocycles. The summed E-state index contributed by atoms with van der Waals surface area (Å²) in [6.07, 6.45) is 0. The van der Waals surface area contributed by atoms with Gasteiger partial charge in [-0.3, -0.25) is 0 Å². The van der Waals surface area contributed by atoms with Gasteiger partial charge in [-0.2, -0.15) is 0 Å². The molecule has 13 heavy (non-hydrogen) atoms. The van der Waals surface area contributed by atoms with Gasteiger partial charge in [-0.05, 0) is 42.1 Å². The standard InChI is InChI=1S/C11H11NO/c1-7-4-8-6-9(12)2-3-10(8)11(13)5-7/h2-6,13H,12H2,1H3. The fraction of sp³-hybridized carbons (Fsp3) is 0.0909. The van der Waals surface area contributed by atoms with E-state index in [0.717, 1.165) is 22.0 Å². The van der Waals surface area contributed by atoms with Crippen molar-refractivity contribution >= 4 is 16.5 Å². The van der Waals surface area contributed by atoms with E-state index in [1.54, 1.807) is 12.1 Å². The third-order valence-electron chi connectivity index (χ3n) is 2.10. The first-order valence-corrected chi connectivity index (χ1v) is 4.16. The molecule has 0 aromatic heterocycles. The minimum absolute atomic E-state index is 0.315. The zero-order valence-electron chi connectivity index (χ0n) is 7.41. The number of phenols is 1. The predicted octanol–water partition coefficient (Wildman–Crippen LogP) is 2.44. The second kappa shape index (κ2) is 2.66. The van der Waals surface area contributed by atoms with Crippen LogP contribution in [0.2, 0.25) is 0 Å². The third kappa shape index (κ3) is 1.31. The van der Waals surface area contributed by atoms with E-state index >= 15 is 0 Å². The number of hydrogen-bond donors (Lipinski definition) is 2. The van der Waals surface area contributed by atoms with Crippen LogP contribution in [0.3, 0.4) is 0 Å². The van der Waals surface area contributed by atoms with Crippen LogP contribution in [0.5, 0.6) is 5.75 Å². The Balaban J connectivity index is 2.86. The maximum absolute atomic E-state index is 9.60. The molecule has 66 valence electrons. The topological polar surface area (TPSA) is 46.2 Å². The number of hydrogen-bond acceptors (Lipinski definition) is 2. The van der Waals surface area contributed by atoms with Gasteiger partial charge in [0.05, 0.1) is 0 Å². The number of phenolic OH excluding ortho intramolecular Hbond substituents is 1. The van der Waals surface area contributed by atoms with E-state index in [2.05, 4.69) is 0 Å². The van der Waals surface area contributed by atoms with Crippen molar-refractivity contribution in [2.75, 3.05) is 5.73 Å². The van der Waals surface area contributed by atoms with E-state index in [-0.39, 0.29) is 0 Å². The molecule has 2 heteroatoms. The molecule has 2 aromatic rings. The highest BCUT2D eigenvalue weighted by Crippen LogP contribution is 2.27. The highest BCUT2D eigenvalue weighted by molar-refractivity contribution is 5.90. The van der Waals surface area contributed by atoms with Gasteiger partial charge in [0.2, 0.25) is 0 Å². The molecular weight excluding hydrogens is 162 g/mol. The lowest BCUT2D eigenvalue weighted by Crippen LogP contribution is -1.84. The molecule has 3 N–H and O–H groups in total. The summed E-state index contributed by atoms with van der Waals surface area (Å²) in [6.45, 7) is 1.95. The number of nitrogens with two attached hydrogens (primary N) is 1. The van der Waals surface area contributed by atoms with Crippen LogP contribution in [-0.2, 0) is 0 Å². The summed E-state index contributed by atoms with van der Waals surface area (Å²) in [4.78, 5) is 0. The molecule has 0 saturated heterocycles. The van der Waals surface area contributed by atoms with E-state index in [0.29, 0.717) is 5.75 Å². The average Bonchev–Trinajstić information content (AvgIpc) is 2.02. The van der Waals surface area contributed by atoms with Gasteiger partial charge in [0, 0.05) is 11.1 Å². The van der Waals surface area contributed by atoms with Crippen LogP contribution < -0.4 is 5.73 Å². The second-order valence-electron chi connectivity index (χ2n) is 3.26. The van der Waals surface area contributed by atoms with Crippen LogP contribution >= 0.6 is 0 Å². The summed E-state index contributed by atoms with van der Waals surface area (Å²) < 4.78 is 0. The van der Waals surface area contributed by atoms with Crippen molar-refractivity contribution in [2.45, 2.75) is 6.92 Å². The Morgan fingerprint density at radius 1 is 1.15 bits per heavy atom. The first kappa shape index (κ1) is 7.92. The first-order valence-electron chi connectivity index (χ1n) is 4.16. The molecule has 2 rings (SSSR count). The fourth-order valence-electron chi connectivity index (χ4n) is 1.51. The second-order valence-corrected chi connectivity index (χ2v) is 3.26. The Morgan fingerprint density at radius 2 is 1.92 bits per heavy atom. The summed E-state index contributed by atoms with van der Waals surface area (Å²) in [5, 5.41) is 11.4. The van der Waals surface area contributed by atoms with Crippen LogP contribution in [0.15, 0.2) is 30.3 Å². The third-order valence-corrected chi connectivity index (χ3v) is 2.10. The number of aryl methyl sites for hydroxylation is 1. The molecule has 2 aromatic carbocycles. The predicted molar refractivity (Wildman–Crippen MR) is 54.8 cm³/mol. The van der Waals surface area contributed by atoms with Gasteiger partial charge < -0.3 is 10.8 Å². The van der Waals surface area contributed by atoms with Gasteiger partial charge in [-0.15, -0.1) is 0 Å². The number of benzene rings is 2. The SMILES string of the molecule is Cc1cc(O)c2ccc(N)cc2c1. The van der Waals surface area contributed by atoms with Gasteiger partial charge in [0.1, 0.15) is 5.75 Å². The normalized spacial score (nSPS) is 10.5. The van der Waals surface area contributed by atoms with Crippen molar-refractivity contribution in [3.05, 3.63) is 35.9 Å². The van der Waals surface area contributed by atoms with Crippen LogP contribution in [0, 0.1) is 6.92 Å². The molecular formula is C11H11NO. The monoisotopic (exact) mass is 173 g/mol. The molecule has 0 unspecified atom stereocenters. The van der Waals surface area contributed by atoms with E-state index in [1.165, 1.54) is 0 Å². The number of anilines is 1. The minimum atomic E-state index is 0.315. The first-order chi connectivity index (χ1) is 6.16. The van der Waals surface area contributed by atoms with Gasteiger partial charge in [-0.1, -0.05) is 6.07 Å². The van der Waals surface area contributed by atoms with Crippen molar-refractivity contribution in [1.82, 2.24) is 0 Å². The van der Waals surface area contributed by atoms with Crippen molar-refractivity contribution in [2.24, 2.45) is 0 Å². The molecule has 0 amide bonds. The fourth-order valence-corrected chi connectivity index (χ4v) is 1.51. The smallest absolute Gasteiger partial charge is 0.123 e. The van der Waals surface area contributed by atoms with Crippen LogP contribution in [0.4, 0.5) is 5.69 Å². The van der Waals surface area contributed by atoms with Crippen molar-refractivity contribution in [3.63, 3.8) is 0 Å². The maximum atomic E-state index is 9.60. The molecule has 0 bridgehead atoms. The molecule has 0 heterocycles. The van der Waals surface area contributed by atoms with E-state index in [4.69, 9.17) is 5.73 Å². The van der Waals surface area contributed by atoms with Crippen molar-refractivity contribution in [3.8, 4) is 5.75 Å². The quantitative estimate of drug-likeness (QED) is 0.601. The molecule has 0 aliphatic rings. The maximum Gasteiger partial charge on any atom is 0.123 e. The number of rotatable bonds is 0. The summed E-state index contributed by atoms with van der Waals surface area (Å²) in [5.41, 5.74) is 7.40. The highest BCUT2D eigenvalue weighted by atomic mass is 16.3. The van der Waals surface area contributed by atoms with Gasteiger partial charge in [0.15, 0.2) is 0 Å². The number of fused-ring (bicyclic) bond motifs is 1. The Hall–Kier alpha value is -1.70. The van der Waals surface area contributed by atoms with Gasteiger partial charge in [-0.25, -0.2) is 0 Å². The van der Waals surface area contributed by atoms with Crippen LogP contribution in [0.1, 0.15) is 5.56 Å². The lowest BCUT2D eigenvalue weighted by molar-refractivity contribution is 0.481. The number of nitrogen functional groups attached to an aromatic ring is 1. The zero-order chi connectivity index (χ0) is 9.42. The Morgan fingerprint density at radius 3 is 2.69 bits per heavy atom. The van der Waals surface area contributed by atoms with E-state index < -0.39 is 0 Å². The lowest BCUT2D eigenvalue weighted by Gasteiger charge is -2.03.